The summed E-state index contributed by atoms with van der Waals surface area (Å²) in [6, 6.07) is 11.9. The van der Waals surface area contributed by atoms with Crippen molar-refractivity contribution in [1.82, 2.24) is 4.98 Å². The number of rotatable bonds is 9. The monoisotopic (exact) mass is 417 g/mol. The molecule has 29 heavy (non-hydrogen) atoms. The summed E-state index contributed by atoms with van der Waals surface area (Å²) in [4.78, 5) is 4.17. The molecule has 0 radical (unpaired) electrons. The molecule has 0 saturated heterocycles. The van der Waals surface area contributed by atoms with E-state index in [1.54, 1.807) is 7.11 Å². The topological polar surface area (TPSA) is 92.6 Å². The number of nitrogens with zero attached hydrogens (tertiary/aromatic N) is 1. The van der Waals surface area contributed by atoms with E-state index in [0.29, 0.717) is 31.4 Å². The van der Waals surface area contributed by atoms with Crippen LogP contribution in [0, 0.1) is 0 Å². The van der Waals surface area contributed by atoms with Gasteiger partial charge in [-0.05, 0) is 29.3 Å². The zero-order valence-corrected chi connectivity index (χ0v) is 19.5. The first-order valence-electron chi connectivity index (χ1n) is 9.90. The van der Waals surface area contributed by atoms with Crippen LogP contribution in [0.4, 0.5) is 11.5 Å². The molecule has 2 aromatic rings. The maximum Gasteiger partial charge on any atom is 0.215 e. The summed E-state index contributed by atoms with van der Waals surface area (Å²) < 4.78 is 17.8. The molecule has 4 N–H and O–H groups in total. The van der Waals surface area contributed by atoms with Crippen LogP contribution in [0.15, 0.2) is 36.4 Å². The standard InChI is InChI=1S/C22H35N3O3Si/c1-22(2,3)29(5,6)28-15-17(14-27-13-16-10-8-7-9-11-16)18-12-19(26-4)25-21(24)20(18)23/h7-12,17H,13-15,23H2,1-6H3,(H2,24,25)/t17-/m0/s1. The van der Waals surface area contributed by atoms with E-state index in [0.717, 1.165) is 11.1 Å². The van der Waals surface area contributed by atoms with Gasteiger partial charge in [-0.15, -0.1) is 0 Å². The first kappa shape index (κ1) is 23.2. The summed E-state index contributed by atoms with van der Waals surface area (Å²) in [7, 11) is -0.367. The summed E-state index contributed by atoms with van der Waals surface area (Å²) in [5.41, 5.74) is 14.7. The van der Waals surface area contributed by atoms with Crippen molar-refractivity contribution in [2.24, 2.45) is 0 Å². The van der Waals surface area contributed by atoms with Crippen LogP contribution in [-0.4, -0.2) is 33.6 Å². The predicted octanol–water partition coefficient (Wildman–Crippen LogP) is 4.58. The molecular formula is C22H35N3O3Si. The third kappa shape index (κ3) is 6.19. The van der Waals surface area contributed by atoms with Crippen molar-refractivity contribution >= 4 is 19.8 Å². The minimum absolute atomic E-state index is 0.0768. The van der Waals surface area contributed by atoms with Gasteiger partial charge < -0.3 is 25.4 Å². The van der Waals surface area contributed by atoms with Crippen LogP contribution >= 0.6 is 0 Å². The fraction of sp³-hybridized carbons (Fsp3) is 0.500. The normalized spacial score (nSPS) is 13.3. The van der Waals surface area contributed by atoms with Gasteiger partial charge in [0, 0.05) is 18.6 Å². The summed E-state index contributed by atoms with van der Waals surface area (Å²) in [5, 5.41) is 0.114. The van der Waals surface area contributed by atoms with Crippen molar-refractivity contribution < 1.29 is 13.9 Å². The molecule has 1 heterocycles. The number of anilines is 2. The van der Waals surface area contributed by atoms with Crippen LogP contribution in [0.25, 0.3) is 0 Å². The molecule has 1 atom stereocenters. The van der Waals surface area contributed by atoms with Crippen LogP contribution in [-0.2, 0) is 15.8 Å². The highest BCUT2D eigenvalue weighted by Crippen LogP contribution is 2.38. The molecule has 0 amide bonds. The van der Waals surface area contributed by atoms with Gasteiger partial charge in [0.1, 0.15) is 0 Å². The van der Waals surface area contributed by atoms with E-state index >= 15 is 0 Å². The minimum Gasteiger partial charge on any atom is -0.481 e. The molecule has 160 valence electrons. The Morgan fingerprint density at radius 1 is 1.07 bits per heavy atom. The molecule has 0 bridgehead atoms. The molecule has 1 aromatic heterocycles. The predicted molar refractivity (Wildman–Crippen MR) is 122 cm³/mol. The van der Waals surface area contributed by atoms with Crippen molar-refractivity contribution in [3.63, 3.8) is 0 Å². The maximum absolute atomic E-state index is 6.48. The number of ether oxygens (including phenoxy) is 2. The van der Waals surface area contributed by atoms with Gasteiger partial charge in [-0.3, -0.25) is 0 Å². The van der Waals surface area contributed by atoms with Gasteiger partial charge in [-0.1, -0.05) is 51.1 Å². The Labute approximate surface area is 175 Å². The van der Waals surface area contributed by atoms with Crippen molar-refractivity contribution in [3.05, 3.63) is 47.5 Å². The zero-order valence-electron chi connectivity index (χ0n) is 18.5. The van der Waals surface area contributed by atoms with Crippen LogP contribution in [0.1, 0.15) is 37.8 Å². The maximum atomic E-state index is 6.48. The Morgan fingerprint density at radius 3 is 2.31 bits per heavy atom. The molecule has 0 fully saturated rings. The van der Waals surface area contributed by atoms with Gasteiger partial charge in [-0.2, -0.15) is 4.98 Å². The van der Waals surface area contributed by atoms with Gasteiger partial charge in [0.25, 0.3) is 0 Å². The minimum atomic E-state index is -1.93. The lowest BCUT2D eigenvalue weighted by Crippen LogP contribution is -2.42. The van der Waals surface area contributed by atoms with Gasteiger partial charge >= 0.3 is 0 Å². The van der Waals surface area contributed by atoms with E-state index in [-0.39, 0.29) is 16.8 Å². The van der Waals surface area contributed by atoms with E-state index in [4.69, 9.17) is 25.4 Å². The van der Waals surface area contributed by atoms with Crippen molar-refractivity contribution in [3.8, 4) is 5.88 Å². The molecular weight excluding hydrogens is 382 g/mol. The Balaban J connectivity index is 2.22. The number of hydrogen-bond acceptors (Lipinski definition) is 6. The first-order valence-corrected chi connectivity index (χ1v) is 12.8. The van der Waals surface area contributed by atoms with Gasteiger partial charge in [0.15, 0.2) is 14.1 Å². The van der Waals surface area contributed by atoms with Gasteiger partial charge in [0.2, 0.25) is 5.88 Å². The van der Waals surface area contributed by atoms with Gasteiger partial charge in [0.05, 0.1) is 26.0 Å². The largest absolute Gasteiger partial charge is 0.481 e. The number of benzene rings is 1. The van der Waals surface area contributed by atoms with Crippen molar-refractivity contribution in [2.75, 3.05) is 31.8 Å². The number of pyridine rings is 1. The van der Waals surface area contributed by atoms with E-state index in [1.165, 1.54) is 0 Å². The third-order valence-corrected chi connectivity index (χ3v) is 10.1. The molecule has 0 saturated carbocycles. The molecule has 1 aromatic carbocycles. The lowest BCUT2D eigenvalue weighted by atomic mass is 10.00. The van der Waals surface area contributed by atoms with Crippen LogP contribution in [0.3, 0.4) is 0 Å². The second-order valence-electron chi connectivity index (χ2n) is 8.82. The number of nitrogen functional groups attached to an aromatic ring is 2. The van der Waals surface area contributed by atoms with Crippen LogP contribution in [0.5, 0.6) is 5.88 Å². The second-order valence-corrected chi connectivity index (χ2v) is 13.6. The lowest BCUT2D eigenvalue weighted by Gasteiger charge is -2.37. The van der Waals surface area contributed by atoms with E-state index in [1.807, 2.05) is 36.4 Å². The summed E-state index contributed by atoms with van der Waals surface area (Å²) >= 11 is 0. The van der Waals surface area contributed by atoms with Crippen LogP contribution in [0.2, 0.25) is 18.1 Å². The Hall–Kier alpha value is -2.09. The summed E-state index contributed by atoms with van der Waals surface area (Å²) in [6.07, 6.45) is 0. The molecule has 2 rings (SSSR count). The Morgan fingerprint density at radius 2 is 1.72 bits per heavy atom. The highest BCUT2D eigenvalue weighted by atomic mass is 28.4. The molecule has 6 nitrogen and oxygen atoms in total. The average molecular weight is 418 g/mol. The number of hydrogen-bond donors (Lipinski definition) is 2. The number of methoxy groups -OCH3 is 1. The summed E-state index contributed by atoms with van der Waals surface area (Å²) in [5.74, 6) is 0.624. The number of nitrogens with two attached hydrogens (primary N) is 2. The lowest BCUT2D eigenvalue weighted by molar-refractivity contribution is 0.0899. The first-order chi connectivity index (χ1) is 13.5. The highest BCUT2D eigenvalue weighted by molar-refractivity contribution is 6.74. The zero-order chi connectivity index (χ0) is 21.7. The van der Waals surface area contributed by atoms with Crippen LogP contribution < -0.4 is 16.2 Å². The fourth-order valence-electron chi connectivity index (χ4n) is 2.66. The van der Waals surface area contributed by atoms with E-state index in [9.17, 15) is 0 Å². The number of aromatic nitrogens is 1. The Bertz CT molecular complexity index is 792. The highest BCUT2D eigenvalue weighted by Gasteiger charge is 2.38. The molecule has 7 heteroatoms. The second kappa shape index (κ2) is 9.60. The summed E-state index contributed by atoms with van der Waals surface area (Å²) in [6.45, 7) is 12.6. The van der Waals surface area contributed by atoms with E-state index < -0.39 is 8.32 Å². The average Bonchev–Trinajstić information content (AvgIpc) is 2.66. The SMILES string of the molecule is COc1cc([C@@H](COCc2ccccc2)CO[Si](C)(C)C(C)(C)C)c(N)c(N)n1. The van der Waals surface area contributed by atoms with Gasteiger partial charge in [-0.25, -0.2) is 0 Å². The molecule has 0 spiro atoms. The third-order valence-electron chi connectivity index (χ3n) is 5.63. The smallest absolute Gasteiger partial charge is 0.215 e. The van der Waals surface area contributed by atoms with Crippen molar-refractivity contribution in [1.29, 1.82) is 0 Å². The molecule has 0 aliphatic carbocycles. The van der Waals surface area contributed by atoms with Crippen molar-refractivity contribution in [2.45, 2.75) is 51.4 Å². The molecule has 0 unspecified atom stereocenters. The molecule has 0 aliphatic rings. The quantitative estimate of drug-likeness (QED) is 0.580. The Kier molecular flexibility index (Phi) is 7.68. The fourth-order valence-corrected chi connectivity index (χ4v) is 3.71. The van der Waals surface area contributed by atoms with E-state index in [2.05, 4.69) is 38.8 Å². The molecule has 0 aliphatic heterocycles.